The van der Waals surface area contributed by atoms with Crippen molar-refractivity contribution in [2.75, 3.05) is 19.6 Å². The molecule has 0 aromatic carbocycles. The van der Waals surface area contributed by atoms with E-state index in [4.69, 9.17) is 11.3 Å². The fourth-order valence-corrected chi connectivity index (χ4v) is 0.649. The average molecular weight is 208 g/mol. The Bertz CT molecular complexity index is 180. The average Bonchev–Trinajstić information content (AvgIpc) is 2.09. The first-order valence-electron chi connectivity index (χ1n) is 3.79. The van der Waals surface area contributed by atoms with Crippen molar-refractivity contribution in [3.05, 3.63) is 10.4 Å². The van der Waals surface area contributed by atoms with E-state index in [1.54, 1.807) is 0 Å². The van der Waals surface area contributed by atoms with Gasteiger partial charge in [0.1, 0.15) is 6.54 Å². The number of hydrogen-bond donors (Lipinski definition) is 2. The van der Waals surface area contributed by atoms with E-state index in [-0.39, 0.29) is 24.9 Å². The Kier molecular flexibility index (Phi) is 12.3. The summed E-state index contributed by atoms with van der Waals surface area (Å²) in [5, 5.41) is 5.71. The Morgan fingerprint density at radius 1 is 1.54 bits per heavy atom. The molecule has 0 heterocycles. The maximum Gasteiger partial charge on any atom is 0.225 e. The van der Waals surface area contributed by atoms with Crippen LogP contribution in [0.15, 0.2) is 5.11 Å². The Hall–Kier alpha value is -0.970. The third kappa shape index (κ3) is 11.0. The Balaban J connectivity index is 0. The Labute approximate surface area is 82.9 Å². The van der Waals surface area contributed by atoms with E-state index >= 15 is 0 Å². The van der Waals surface area contributed by atoms with Gasteiger partial charge in [0.2, 0.25) is 5.91 Å². The van der Waals surface area contributed by atoms with Gasteiger partial charge in [0.25, 0.3) is 0 Å². The van der Waals surface area contributed by atoms with Crippen molar-refractivity contribution >= 4 is 18.3 Å². The van der Waals surface area contributed by atoms with Gasteiger partial charge in [0, 0.05) is 11.5 Å². The normalized spacial score (nSPS) is 8.08. The van der Waals surface area contributed by atoms with E-state index in [2.05, 4.69) is 15.3 Å². The lowest BCUT2D eigenvalue weighted by molar-refractivity contribution is -0.119. The number of rotatable bonds is 6. The van der Waals surface area contributed by atoms with Crippen LogP contribution < -0.4 is 11.1 Å². The van der Waals surface area contributed by atoms with E-state index in [0.29, 0.717) is 13.1 Å². The maximum atomic E-state index is 10.8. The molecular formula is C6H14ClN5O. The number of carbonyl (C=O) groups is 1. The highest BCUT2D eigenvalue weighted by atomic mass is 35.5. The molecule has 0 aliphatic rings. The zero-order chi connectivity index (χ0) is 9.23. The number of azide groups is 1. The van der Waals surface area contributed by atoms with Crippen LogP contribution in [0.1, 0.15) is 12.8 Å². The molecule has 0 bridgehead atoms. The second-order valence-corrected chi connectivity index (χ2v) is 2.23. The molecule has 1 amide bonds. The summed E-state index contributed by atoms with van der Waals surface area (Å²) in [4.78, 5) is 13.2. The first-order valence-corrected chi connectivity index (χ1v) is 3.79. The zero-order valence-corrected chi connectivity index (χ0v) is 8.09. The number of halogens is 1. The van der Waals surface area contributed by atoms with Gasteiger partial charge in [0.05, 0.1) is 0 Å². The molecule has 0 aliphatic carbocycles. The molecule has 0 unspecified atom stereocenters. The molecule has 0 saturated carbocycles. The lowest BCUT2D eigenvalue weighted by Gasteiger charge is -2.00. The predicted molar refractivity (Wildman–Crippen MR) is 52.6 cm³/mol. The van der Waals surface area contributed by atoms with Crippen LogP contribution in [0.5, 0.6) is 0 Å². The minimum absolute atomic E-state index is 0. The van der Waals surface area contributed by atoms with Crippen LogP contribution in [0.25, 0.3) is 10.4 Å². The minimum Gasteiger partial charge on any atom is -0.356 e. The van der Waals surface area contributed by atoms with E-state index in [1.165, 1.54) is 0 Å². The van der Waals surface area contributed by atoms with Crippen LogP contribution in [0.2, 0.25) is 0 Å². The van der Waals surface area contributed by atoms with Gasteiger partial charge in [-0.2, -0.15) is 0 Å². The van der Waals surface area contributed by atoms with Crippen LogP contribution in [-0.2, 0) is 4.79 Å². The number of unbranched alkanes of at least 4 members (excludes halogenated alkanes) is 1. The highest BCUT2D eigenvalue weighted by Crippen LogP contribution is 1.82. The molecule has 0 atom stereocenters. The molecule has 13 heavy (non-hydrogen) atoms. The summed E-state index contributed by atoms with van der Waals surface area (Å²) in [7, 11) is 0. The summed E-state index contributed by atoms with van der Waals surface area (Å²) < 4.78 is 0. The van der Waals surface area contributed by atoms with E-state index in [9.17, 15) is 4.79 Å². The molecule has 0 fully saturated rings. The quantitative estimate of drug-likeness (QED) is 0.288. The van der Waals surface area contributed by atoms with Crippen molar-refractivity contribution in [3.63, 3.8) is 0 Å². The number of amides is 1. The predicted octanol–water partition coefficient (Wildman–Crippen LogP) is 0.574. The minimum atomic E-state index is -0.246. The lowest BCUT2D eigenvalue weighted by atomic mass is 10.3. The summed E-state index contributed by atoms with van der Waals surface area (Å²) in [5.74, 6) is -0.246. The Morgan fingerprint density at radius 2 is 2.23 bits per heavy atom. The molecule has 0 saturated heterocycles. The van der Waals surface area contributed by atoms with E-state index in [1.807, 2.05) is 0 Å². The van der Waals surface area contributed by atoms with Gasteiger partial charge in [-0.3, -0.25) is 4.79 Å². The molecule has 7 heteroatoms. The molecule has 6 nitrogen and oxygen atoms in total. The number of nitrogens with one attached hydrogen (secondary N) is 1. The molecule has 3 N–H and O–H groups in total. The second kappa shape index (κ2) is 11.0. The van der Waals surface area contributed by atoms with Gasteiger partial charge >= 0.3 is 0 Å². The smallest absolute Gasteiger partial charge is 0.225 e. The number of nitrogens with two attached hydrogens (primary N) is 1. The number of carbonyl (C=O) groups excluding carboxylic acids is 1. The van der Waals surface area contributed by atoms with Crippen molar-refractivity contribution < 1.29 is 4.79 Å². The summed E-state index contributed by atoms with van der Waals surface area (Å²) in [6, 6.07) is 0. The first kappa shape index (κ1) is 14.5. The van der Waals surface area contributed by atoms with Crippen LogP contribution in [0.4, 0.5) is 0 Å². The molecular weight excluding hydrogens is 194 g/mol. The van der Waals surface area contributed by atoms with Gasteiger partial charge in [0.15, 0.2) is 0 Å². The fraction of sp³-hybridized carbons (Fsp3) is 0.833. The molecule has 0 aromatic rings. The van der Waals surface area contributed by atoms with Crippen LogP contribution in [0, 0.1) is 0 Å². The van der Waals surface area contributed by atoms with Crippen LogP contribution in [0.3, 0.4) is 0 Å². The van der Waals surface area contributed by atoms with Crippen molar-refractivity contribution in [2.45, 2.75) is 12.8 Å². The van der Waals surface area contributed by atoms with Crippen LogP contribution >= 0.6 is 12.4 Å². The van der Waals surface area contributed by atoms with Crippen molar-refractivity contribution in [1.29, 1.82) is 0 Å². The molecule has 0 rings (SSSR count). The van der Waals surface area contributed by atoms with Gasteiger partial charge in [-0.05, 0) is 24.9 Å². The standard InChI is InChI=1S/C6H13N5O.ClH/c7-3-1-2-4-9-6(12)5-10-11-8;/h1-5,7H2,(H,9,12);1H. The molecule has 0 radical (unpaired) electrons. The van der Waals surface area contributed by atoms with Gasteiger partial charge in [-0.15, -0.1) is 12.4 Å². The number of hydrogen-bond acceptors (Lipinski definition) is 3. The summed E-state index contributed by atoms with van der Waals surface area (Å²) >= 11 is 0. The topological polar surface area (TPSA) is 104 Å². The molecule has 0 aliphatic heterocycles. The SMILES string of the molecule is Cl.[N-]=[N+]=NCC(=O)NCCCCN. The maximum absolute atomic E-state index is 10.8. The summed E-state index contributed by atoms with van der Waals surface area (Å²) in [6.45, 7) is 1.10. The highest BCUT2D eigenvalue weighted by Gasteiger charge is 1.95. The van der Waals surface area contributed by atoms with E-state index < -0.39 is 0 Å². The number of nitrogens with zero attached hydrogens (tertiary/aromatic N) is 3. The van der Waals surface area contributed by atoms with E-state index in [0.717, 1.165) is 12.8 Å². The third-order valence-corrected chi connectivity index (χ3v) is 1.23. The van der Waals surface area contributed by atoms with Crippen molar-refractivity contribution in [1.82, 2.24) is 5.32 Å². The Morgan fingerprint density at radius 3 is 2.77 bits per heavy atom. The monoisotopic (exact) mass is 207 g/mol. The fourth-order valence-electron chi connectivity index (χ4n) is 0.649. The largest absolute Gasteiger partial charge is 0.356 e. The lowest BCUT2D eigenvalue weighted by Crippen LogP contribution is -2.26. The van der Waals surface area contributed by atoms with Gasteiger partial charge in [-0.1, -0.05) is 5.11 Å². The van der Waals surface area contributed by atoms with Crippen molar-refractivity contribution in [3.8, 4) is 0 Å². The van der Waals surface area contributed by atoms with Gasteiger partial charge in [-0.25, -0.2) is 0 Å². The first-order chi connectivity index (χ1) is 5.81. The molecule has 0 spiro atoms. The molecule has 0 aromatic heterocycles. The highest BCUT2D eigenvalue weighted by molar-refractivity contribution is 5.85. The summed E-state index contributed by atoms with van der Waals surface area (Å²) in [6.07, 6.45) is 1.75. The zero-order valence-electron chi connectivity index (χ0n) is 7.27. The van der Waals surface area contributed by atoms with Crippen molar-refractivity contribution in [2.24, 2.45) is 10.8 Å². The van der Waals surface area contributed by atoms with Crippen LogP contribution in [-0.4, -0.2) is 25.5 Å². The second-order valence-electron chi connectivity index (χ2n) is 2.23. The third-order valence-electron chi connectivity index (χ3n) is 1.23. The van der Waals surface area contributed by atoms with Gasteiger partial charge < -0.3 is 11.1 Å². The summed E-state index contributed by atoms with van der Waals surface area (Å²) in [5.41, 5.74) is 13.1. The molecule has 76 valence electrons.